The summed E-state index contributed by atoms with van der Waals surface area (Å²) in [5, 5.41) is 10.2. The molecular weight excluding hydrogens is 322 g/mol. The SMILES string of the molecule is CC(=O)C(N=Nc1cccc(C(N)=O)c1)C(=O)Nc1cccc(N)c1. The van der Waals surface area contributed by atoms with E-state index in [1.165, 1.54) is 19.1 Å². The number of nitrogens with one attached hydrogen (secondary N) is 1. The molecule has 0 bridgehead atoms. The van der Waals surface area contributed by atoms with E-state index in [1.807, 2.05) is 0 Å². The number of azo groups is 1. The topological polar surface area (TPSA) is 140 Å². The summed E-state index contributed by atoms with van der Waals surface area (Å²) < 4.78 is 0. The van der Waals surface area contributed by atoms with Gasteiger partial charge >= 0.3 is 0 Å². The monoisotopic (exact) mass is 339 g/mol. The molecule has 5 N–H and O–H groups in total. The molecule has 2 aromatic rings. The summed E-state index contributed by atoms with van der Waals surface area (Å²) in [7, 11) is 0. The highest BCUT2D eigenvalue weighted by Gasteiger charge is 2.23. The summed E-state index contributed by atoms with van der Waals surface area (Å²) in [5.41, 5.74) is 12.3. The van der Waals surface area contributed by atoms with Crippen molar-refractivity contribution < 1.29 is 14.4 Å². The number of nitrogens with zero attached hydrogens (tertiary/aromatic N) is 2. The fourth-order valence-corrected chi connectivity index (χ4v) is 1.99. The van der Waals surface area contributed by atoms with Crippen molar-refractivity contribution in [2.75, 3.05) is 11.1 Å². The molecule has 2 aromatic carbocycles. The Kier molecular flexibility index (Phi) is 5.57. The van der Waals surface area contributed by atoms with Crippen LogP contribution >= 0.6 is 0 Å². The van der Waals surface area contributed by atoms with E-state index in [-0.39, 0.29) is 5.56 Å². The maximum Gasteiger partial charge on any atom is 0.258 e. The molecule has 1 unspecified atom stereocenters. The molecule has 0 aliphatic carbocycles. The first kappa shape index (κ1) is 17.8. The number of amides is 2. The number of nitrogens with two attached hydrogens (primary N) is 2. The van der Waals surface area contributed by atoms with Gasteiger partial charge in [-0.2, -0.15) is 10.2 Å². The van der Waals surface area contributed by atoms with E-state index in [1.54, 1.807) is 36.4 Å². The Morgan fingerprint density at radius 2 is 1.80 bits per heavy atom. The first-order chi connectivity index (χ1) is 11.9. The number of rotatable bonds is 6. The molecule has 0 fully saturated rings. The molecule has 0 spiro atoms. The maximum absolute atomic E-state index is 12.3. The number of benzene rings is 2. The Morgan fingerprint density at radius 1 is 1.08 bits per heavy atom. The molecule has 1 atom stereocenters. The van der Waals surface area contributed by atoms with Crippen LogP contribution in [-0.2, 0) is 9.59 Å². The van der Waals surface area contributed by atoms with E-state index in [2.05, 4.69) is 15.5 Å². The quantitative estimate of drug-likeness (QED) is 0.421. The molecule has 8 nitrogen and oxygen atoms in total. The van der Waals surface area contributed by atoms with Gasteiger partial charge in [0.15, 0.2) is 5.78 Å². The van der Waals surface area contributed by atoms with E-state index >= 15 is 0 Å². The molecule has 2 rings (SSSR count). The minimum Gasteiger partial charge on any atom is -0.399 e. The van der Waals surface area contributed by atoms with Crippen LogP contribution in [0.5, 0.6) is 0 Å². The maximum atomic E-state index is 12.3. The third kappa shape index (κ3) is 4.96. The van der Waals surface area contributed by atoms with Crippen LogP contribution in [0, 0.1) is 0 Å². The smallest absolute Gasteiger partial charge is 0.258 e. The number of ketones is 1. The third-order valence-electron chi connectivity index (χ3n) is 3.21. The standard InChI is InChI=1S/C17H17N5O3/c1-10(23)15(17(25)20-13-6-3-5-12(18)9-13)22-21-14-7-2-4-11(8-14)16(19)24/h2-9,15H,18H2,1H3,(H2,19,24)(H,20,25). The summed E-state index contributed by atoms with van der Waals surface area (Å²) in [6.45, 7) is 1.24. The van der Waals surface area contributed by atoms with Crippen LogP contribution in [0.3, 0.4) is 0 Å². The third-order valence-corrected chi connectivity index (χ3v) is 3.21. The van der Waals surface area contributed by atoms with Gasteiger partial charge in [0.25, 0.3) is 5.91 Å². The summed E-state index contributed by atoms with van der Waals surface area (Å²) in [4.78, 5) is 35.1. The van der Waals surface area contributed by atoms with Gasteiger partial charge < -0.3 is 16.8 Å². The number of carbonyl (C=O) groups is 3. The first-order valence-electron chi connectivity index (χ1n) is 7.34. The number of nitrogen functional groups attached to an aromatic ring is 1. The summed E-state index contributed by atoms with van der Waals surface area (Å²) in [6.07, 6.45) is 0. The lowest BCUT2D eigenvalue weighted by molar-refractivity contribution is -0.126. The van der Waals surface area contributed by atoms with Crippen LogP contribution in [0.25, 0.3) is 0 Å². The average molecular weight is 339 g/mol. The molecule has 0 aliphatic heterocycles. The molecule has 0 heterocycles. The molecule has 0 saturated heterocycles. The van der Waals surface area contributed by atoms with Crippen LogP contribution in [0.4, 0.5) is 17.1 Å². The molecule has 0 aromatic heterocycles. The lowest BCUT2D eigenvalue weighted by Crippen LogP contribution is -2.31. The van der Waals surface area contributed by atoms with Gasteiger partial charge in [-0.15, -0.1) is 0 Å². The Labute approximate surface area is 143 Å². The van der Waals surface area contributed by atoms with Crippen LogP contribution in [0.2, 0.25) is 0 Å². The molecule has 0 saturated carbocycles. The van der Waals surface area contributed by atoms with Crippen LogP contribution < -0.4 is 16.8 Å². The van der Waals surface area contributed by atoms with Gasteiger partial charge in [0.2, 0.25) is 11.9 Å². The fourth-order valence-electron chi connectivity index (χ4n) is 1.99. The van der Waals surface area contributed by atoms with Crippen molar-refractivity contribution in [3.63, 3.8) is 0 Å². The molecule has 0 aliphatic rings. The molecule has 128 valence electrons. The zero-order valence-electron chi connectivity index (χ0n) is 13.5. The van der Waals surface area contributed by atoms with Crippen LogP contribution in [0.1, 0.15) is 17.3 Å². The number of carbonyl (C=O) groups excluding carboxylic acids is 3. The number of anilines is 2. The molecule has 2 amide bonds. The average Bonchev–Trinajstić information content (AvgIpc) is 2.55. The van der Waals surface area contributed by atoms with Crippen molar-refractivity contribution in [2.45, 2.75) is 13.0 Å². The Hall–Kier alpha value is -3.55. The van der Waals surface area contributed by atoms with Gasteiger partial charge in [-0.3, -0.25) is 14.4 Å². The molecular formula is C17H17N5O3. The molecule has 25 heavy (non-hydrogen) atoms. The largest absolute Gasteiger partial charge is 0.399 e. The highest BCUT2D eigenvalue weighted by Crippen LogP contribution is 2.16. The second-order valence-electron chi connectivity index (χ2n) is 5.26. The second kappa shape index (κ2) is 7.82. The van der Waals surface area contributed by atoms with E-state index in [9.17, 15) is 14.4 Å². The molecule has 0 radical (unpaired) electrons. The predicted octanol–water partition coefficient (Wildman–Crippen LogP) is 2.05. The highest BCUT2D eigenvalue weighted by atomic mass is 16.2. The van der Waals surface area contributed by atoms with E-state index in [0.717, 1.165) is 0 Å². The van der Waals surface area contributed by atoms with Crippen molar-refractivity contribution >= 4 is 34.7 Å². The highest BCUT2D eigenvalue weighted by molar-refractivity contribution is 6.10. The van der Waals surface area contributed by atoms with Gasteiger partial charge in [-0.25, -0.2) is 0 Å². The summed E-state index contributed by atoms with van der Waals surface area (Å²) in [6, 6.07) is 11.3. The van der Waals surface area contributed by atoms with Gasteiger partial charge in [0, 0.05) is 16.9 Å². The number of Topliss-reactive ketones (excluding diaryl/α,β-unsaturated/α-hetero) is 1. The van der Waals surface area contributed by atoms with Gasteiger partial charge in [0.1, 0.15) is 0 Å². The zero-order valence-corrected chi connectivity index (χ0v) is 13.5. The van der Waals surface area contributed by atoms with Crippen LogP contribution in [-0.4, -0.2) is 23.6 Å². The predicted molar refractivity (Wildman–Crippen MR) is 93.4 cm³/mol. The number of hydrogen-bond acceptors (Lipinski definition) is 6. The lowest BCUT2D eigenvalue weighted by atomic mass is 10.2. The lowest BCUT2D eigenvalue weighted by Gasteiger charge is -2.09. The van der Waals surface area contributed by atoms with Gasteiger partial charge in [0.05, 0.1) is 5.69 Å². The Balaban J connectivity index is 2.17. The van der Waals surface area contributed by atoms with Crippen molar-refractivity contribution in [3.05, 3.63) is 54.1 Å². The van der Waals surface area contributed by atoms with Crippen molar-refractivity contribution in [2.24, 2.45) is 16.0 Å². The van der Waals surface area contributed by atoms with E-state index < -0.39 is 23.6 Å². The number of hydrogen-bond donors (Lipinski definition) is 3. The zero-order chi connectivity index (χ0) is 18.4. The van der Waals surface area contributed by atoms with Crippen LogP contribution in [0.15, 0.2) is 58.8 Å². The van der Waals surface area contributed by atoms with Crippen molar-refractivity contribution in [1.82, 2.24) is 0 Å². The second-order valence-corrected chi connectivity index (χ2v) is 5.26. The van der Waals surface area contributed by atoms with Gasteiger partial charge in [-0.05, 0) is 43.3 Å². The van der Waals surface area contributed by atoms with Crippen molar-refractivity contribution in [3.8, 4) is 0 Å². The Morgan fingerprint density at radius 3 is 2.44 bits per heavy atom. The Bertz CT molecular complexity index is 848. The van der Waals surface area contributed by atoms with E-state index in [0.29, 0.717) is 17.1 Å². The fraction of sp³-hybridized carbons (Fsp3) is 0.118. The first-order valence-corrected chi connectivity index (χ1v) is 7.34. The van der Waals surface area contributed by atoms with Crippen molar-refractivity contribution in [1.29, 1.82) is 0 Å². The summed E-state index contributed by atoms with van der Waals surface area (Å²) in [5.74, 6) is -1.72. The normalized spacial score (nSPS) is 11.9. The number of primary amides is 1. The van der Waals surface area contributed by atoms with Gasteiger partial charge in [-0.1, -0.05) is 12.1 Å². The minimum absolute atomic E-state index is 0.250. The minimum atomic E-state index is -1.32. The molecule has 8 heteroatoms. The van der Waals surface area contributed by atoms with E-state index in [4.69, 9.17) is 11.5 Å². The summed E-state index contributed by atoms with van der Waals surface area (Å²) >= 11 is 0.